The van der Waals surface area contributed by atoms with Crippen LogP contribution in [0, 0.1) is 0 Å². The highest BCUT2D eigenvalue weighted by Crippen LogP contribution is 2.34. The van der Waals surface area contributed by atoms with Gasteiger partial charge in [-0.05, 0) is 24.4 Å². The summed E-state index contributed by atoms with van der Waals surface area (Å²) in [5, 5.41) is 10.2. The lowest BCUT2D eigenvalue weighted by atomic mass is 9.97. The molecule has 1 N–H and O–H groups in total. The first-order chi connectivity index (χ1) is 7.29. The Balaban J connectivity index is 1.95. The van der Waals surface area contributed by atoms with Crippen molar-refractivity contribution >= 4 is 23.3 Å². The molecule has 3 nitrogen and oxygen atoms in total. The minimum Gasteiger partial charge on any atom is -0.392 e. The van der Waals surface area contributed by atoms with Gasteiger partial charge in [0.2, 0.25) is 0 Å². The Morgan fingerprint density at radius 1 is 1.47 bits per heavy atom. The van der Waals surface area contributed by atoms with Gasteiger partial charge in [-0.3, -0.25) is 0 Å². The molecule has 1 aliphatic carbocycles. The third-order valence-electron chi connectivity index (χ3n) is 2.69. The molecule has 1 aromatic rings. The molecule has 1 aromatic heterocycles. The number of aliphatic hydroxyl groups is 1. The number of hydrogen-bond acceptors (Lipinski definition) is 5. The summed E-state index contributed by atoms with van der Waals surface area (Å²) in [6.45, 7) is 2.06. The van der Waals surface area contributed by atoms with Crippen LogP contribution < -0.4 is 0 Å². The first-order valence-electron chi connectivity index (χ1n) is 5.47. The standard InChI is InChI=1S/C10H16N2OS2/c1-2-9-11-10(15-12-9)14-8-6-4-3-5-7(8)13/h7-8,13H,2-6H2,1H3. The van der Waals surface area contributed by atoms with Crippen LogP contribution in [-0.4, -0.2) is 25.8 Å². The highest BCUT2D eigenvalue weighted by molar-refractivity contribution is 8.01. The van der Waals surface area contributed by atoms with Gasteiger partial charge in [0, 0.05) is 11.7 Å². The number of aliphatic hydroxyl groups excluding tert-OH is 1. The highest BCUT2D eigenvalue weighted by atomic mass is 32.2. The number of thioether (sulfide) groups is 1. The summed E-state index contributed by atoms with van der Waals surface area (Å²) in [6, 6.07) is 0. The van der Waals surface area contributed by atoms with Crippen LogP contribution in [0.15, 0.2) is 4.34 Å². The Labute approximate surface area is 98.5 Å². The normalized spacial score (nSPS) is 26.8. The Morgan fingerprint density at radius 2 is 2.27 bits per heavy atom. The molecule has 5 heteroatoms. The van der Waals surface area contributed by atoms with E-state index >= 15 is 0 Å². The van der Waals surface area contributed by atoms with E-state index in [0.717, 1.165) is 35.8 Å². The number of nitrogens with zero attached hydrogens (tertiary/aromatic N) is 2. The van der Waals surface area contributed by atoms with Gasteiger partial charge in [-0.15, -0.1) is 0 Å². The molecule has 0 spiro atoms. The summed E-state index contributed by atoms with van der Waals surface area (Å²) >= 11 is 3.16. The van der Waals surface area contributed by atoms with E-state index in [9.17, 15) is 5.11 Å². The number of hydrogen-bond donors (Lipinski definition) is 1. The van der Waals surface area contributed by atoms with Crippen molar-refractivity contribution in [2.45, 2.75) is 54.7 Å². The smallest absolute Gasteiger partial charge is 0.170 e. The van der Waals surface area contributed by atoms with Crippen molar-refractivity contribution in [3.63, 3.8) is 0 Å². The molecular formula is C10H16N2OS2. The quantitative estimate of drug-likeness (QED) is 0.887. The molecule has 15 heavy (non-hydrogen) atoms. The molecule has 0 aliphatic heterocycles. The summed E-state index contributed by atoms with van der Waals surface area (Å²) in [6.07, 6.45) is 5.18. The fourth-order valence-electron chi connectivity index (χ4n) is 1.77. The van der Waals surface area contributed by atoms with Crippen LogP contribution in [0.4, 0.5) is 0 Å². The molecule has 0 bridgehead atoms. The second-order valence-electron chi connectivity index (χ2n) is 3.84. The van der Waals surface area contributed by atoms with E-state index in [1.54, 1.807) is 11.8 Å². The monoisotopic (exact) mass is 244 g/mol. The lowest BCUT2D eigenvalue weighted by Gasteiger charge is -2.25. The van der Waals surface area contributed by atoms with E-state index in [-0.39, 0.29) is 6.10 Å². The average Bonchev–Trinajstić information content (AvgIpc) is 2.69. The largest absolute Gasteiger partial charge is 0.392 e. The number of rotatable bonds is 3. The van der Waals surface area contributed by atoms with Crippen molar-refractivity contribution < 1.29 is 5.11 Å². The van der Waals surface area contributed by atoms with Crippen LogP contribution in [-0.2, 0) is 6.42 Å². The van der Waals surface area contributed by atoms with E-state index in [0.29, 0.717) is 5.25 Å². The predicted octanol–water partition coefficient (Wildman–Crippen LogP) is 2.50. The zero-order valence-corrected chi connectivity index (χ0v) is 10.5. The molecule has 0 saturated heterocycles. The van der Waals surface area contributed by atoms with Gasteiger partial charge >= 0.3 is 0 Å². The van der Waals surface area contributed by atoms with Crippen LogP contribution in [0.3, 0.4) is 0 Å². The minimum atomic E-state index is -0.155. The number of aryl methyl sites for hydroxylation is 1. The second-order valence-corrected chi connectivity index (χ2v) is 6.08. The number of aromatic nitrogens is 2. The van der Waals surface area contributed by atoms with E-state index in [2.05, 4.69) is 16.3 Å². The lowest BCUT2D eigenvalue weighted by Crippen LogP contribution is -2.26. The van der Waals surface area contributed by atoms with Gasteiger partial charge < -0.3 is 5.11 Å². The van der Waals surface area contributed by atoms with E-state index < -0.39 is 0 Å². The molecule has 2 unspecified atom stereocenters. The molecule has 0 amide bonds. The van der Waals surface area contributed by atoms with Gasteiger partial charge in [-0.1, -0.05) is 31.5 Å². The van der Waals surface area contributed by atoms with Gasteiger partial charge in [0.25, 0.3) is 0 Å². The lowest BCUT2D eigenvalue weighted by molar-refractivity contribution is 0.137. The molecule has 1 aliphatic rings. The topological polar surface area (TPSA) is 46.0 Å². The molecule has 2 atom stereocenters. The summed E-state index contributed by atoms with van der Waals surface area (Å²) in [7, 11) is 0. The molecule has 1 saturated carbocycles. The third kappa shape index (κ3) is 2.92. The maximum absolute atomic E-state index is 9.83. The average molecular weight is 244 g/mol. The van der Waals surface area contributed by atoms with E-state index in [4.69, 9.17) is 0 Å². The van der Waals surface area contributed by atoms with E-state index in [1.165, 1.54) is 18.0 Å². The second kappa shape index (κ2) is 5.27. The van der Waals surface area contributed by atoms with Crippen LogP contribution in [0.1, 0.15) is 38.4 Å². The van der Waals surface area contributed by atoms with Crippen molar-refractivity contribution in [3.8, 4) is 0 Å². The third-order valence-corrected chi connectivity index (χ3v) is 4.89. The Bertz CT molecular complexity index is 316. The zero-order chi connectivity index (χ0) is 10.7. The van der Waals surface area contributed by atoms with Gasteiger partial charge in [0.05, 0.1) is 6.10 Å². The fourth-order valence-corrected chi connectivity index (χ4v) is 3.92. The van der Waals surface area contributed by atoms with Crippen molar-refractivity contribution in [3.05, 3.63) is 5.82 Å². The van der Waals surface area contributed by atoms with Gasteiger partial charge in [-0.2, -0.15) is 4.37 Å². The molecule has 1 fully saturated rings. The van der Waals surface area contributed by atoms with E-state index in [1.807, 2.05) is 0 Å². The fraction of sp³-hybridized carbons (Fsp3) is 0.800. The van der Waals surface area contributed by atoms with Gasteiger partial charge in [0.1, 0.15) is 5.82 Å². The molecule has 84 valence electrons. The minimum absolute atomic E-state index is 0.155. The summed E-state index contributed by atoms with van der Waals surface area (Å²) in [5.41, 5.74) is 0. The Morgan fingerprint density at radius 3 is 2.93 bits per heavy atom. The molecular weight excluding hydrogens is 228 g/mol. The first-order valence-corrected chi connectivity index (χ1v) is 7.12. The molecule has 0 radical (unpaired) electrons. The highest BCUT2D eigenvalue weighted by Gasteiger charge is 2.25. The van der Waals surface area contributed by atoms with Crippen LogP contribution in [0.25, 0.3) is 0 Å². The SMILES string of the molecule is CCc1nsc(SC2CCCCC2O)n1. The van der Waals surface area contributed by atoms with Crippen molar-refractivity contribution in [1.82, 2.24) is 9.36 Å². The summed E-state index contributed by atoms with van der Waals surface area (Å²) in [5.74, 6) is 0.924. The van der Waals surface area contributed by atoms with Crippen LogP contribution >= 0.6 is 23.3 Å². The first kappa shape index (κ1) is 11.4. The Hall–Kier alpha value is -0.130. The van der Waals surface area contributed by atoms with Crippen molar-refractivity contribution in [1.29, 1.82) is 0 Å². The van der Waals surface area contributed by atoms with Gasteiger partial charge in [-0.25, -0.2) is 4.98 Å². The summed E-state index contributed by atoms with van der Waals surface area (Å²) in [4.78, 5) is 4.42. The zero-order valence-electron chi connectivity index (χ0n) is 8.85. The maximum atomic E-state index is 9.83. The molecule has 1 heterocycles. The van der Waals surface area contributed by atoms with Crippen molar-refractivity contribution in [2.75, 3.05) is 0 Å². The van der Waals surface area contributed by atoms with Crippen LogP contribution in [0.2, 0.25) is 0 Å². The van der Waals surface area contributed by atoms with Crippen molar-refractivity contribution in [2.24, 2.45) is 0 Å². The predicted molar refractivity (Wildman–Crippen MR) is 63.4 cm³/mol. The van der Waals surface area contributed by atoms with Crippen LogP contribution in [0.5, 0.6) is 0 Å². The maximum Gasteiger partial charge on any atom is 0.170 e. The molecule has 2 rings (SSSR count). The molecule has 0 aromatic carbocycles. The summed E-state index contributed by atoms with van der Waals surface area (Å²) < 4.78 is 5.27. The van der Waals surface area contributed by atoms with Gasteiger partial charge in [0.15, 0.2) is 4.34 Å². The Kier molecular flexibility index (Phi) is 3.99.